The lowest BCUT2D eigenvalue weighted by atomic mass is 10.0. The third kappa shape index (κ3) is 3.12. The molecule has 2 aliphatic carbocycles. The molecule has 0 amide bonds. The van der Waals surface area contributed by atoms with E-state index >= 15 is 0 Å². The van der Waals surface area contributed by atoms with E-state index in [0.29, 0.717) is 30.6 Å². The van der Waals surface area contributed by atoms with Crippen LogP contribution in [0.5, 0.6) is 5.88 Å². The molecule has 128 valence electrons. The van der Waals surface area contributed by atoms with Crippen molar-refractivity contribution >= 4 is 23.4 Å². The lowest BCUT2D eigenvalue weighted by Gasteiger charge is -2.16. The Morgan fingerprint density at radius 3 is 2.79 bits per heavy atom. The van der Waals surface area contributed by atoms with Gasteiger partial charge in [-0.25, -0.2) is 0 Å². The molecule has 0 aliphatic heterocycles. The van der Waals surface area contributed by atoms with E-state index in [1.54, 1.807) is 10.6 Å². The number of fused-ring (bicyclic) bond motifs is 1. The Kier molecular flexibility index (Phi) is 4.78. The quantitative estimate of drug-likeness (QED) is 0.628. The summed E-state index contributed by atoms with van der Waals surface area (Å²) in [7, 11) is 0. The molecule has 3 rings (SSSR count). The summed E-state index contributed by atoms with van der Waals surface area (Å²) in [6, 6.07) is 0. The van der Waals surface area contributed by atoms with Crippen molar-refractivity contribution in [1.82, 2.24) is 10.0 Å². The van der Waals surface area contributed by atoms with E-state index in [4.69, 9.17) is 11.6 Å². The SMILES string of the molecule is C[C@H]1CC(NO)=Cc2c([NH+]=O)c(O)n(CC3=CC=C(Cl)CC3)c2C1. The highest BCUT2D eigenvalue weighted by Crippen LogP contribution is 2.38. The third-order valence-corrected chi connectivity index (χ3v) is 4.92. The van der Waals surface area contributed by atoms with Gasteiger partial charge in [0.15, 0.2) is 0 Å². The van der Waals surface area contributed by atoms with Crippen LogP contribution >= 0.6 is 11.6 Å². The van der Waals surface area contributed by atoms with Crippen molar-refractivity contribution in [3.63, 3.8) is 0 Å². The number of allylic oxidation sites excluding steroid dienone is 5. The minimum atomic E-state index is -0.0702. The van der Waals surface area contributed by atoms with Gasteiger partial charge in [0.25, 0.3) is 5.88 Å². The summed E-state index contributed by atoms with van der Waals surface area (Å²) in [5.74, 6) is 0.193. The summed E-state index contributed by atoms with van der Waals surface area (Å²) >= 11 is 6.00. The van der Waals surface area contributed by atoms with Crippen LogP contribution in [0, 0.1) is 10.8 Å². The first-order chi connectivity index (χ1) is 11.5. The van der Waals surface area contributed by atoms with Crippen LogP contribution < -0.4 is 10.7 Å². The van der Waals surface area contributed by atoms with Gasteiger partial charge in [-0.1, -0.05) is 30.2 Å². The van der Waals surface area contributed by atoms with Crippen LogP contribution in [0.25, 0.3) is 6.08 Å². The van der Waals surface area contributed by atoms with E-state index in [1.807, 2.05) is 17.3 Å². The van der Waals surface area contributed by atoms with Gasteiger partial charge in [0, 0.05) is 33.1 Å². The molecule has 0 radical (unpaired) electrons. The molecule has 0 saturated heterocycles. The van der Waals surface area contributed by atoms with E-state index in [2.05, 4.69) is 12.4 Å². The number of rotatable bonds is 4. The molecule has 0 aromatic carbocycles. The van der Waals surface area contributed by atoms with E-state index in [9.17, 15) is 15.2 Å². The molecule has 0 fully saturated rings. The fraction of sp³-hybridized carbons (Fsp3) is 0.412. The number of nitrogens with one attached hydrogen (secondary N) is 2. The fourth-order valence-electron chi connectivity index (χ4n) is 3.40. The summed E-state index contributed by atoms with van der Waals surface area (Å²) in [6.45, 7) is 2.58. The van der Waals surface area contributed by atoms with Gasteiger partial charge in [0.2, 0.25) is 0 Å². The summed E-state index contributed by atoms with van der Waals surface area (Å²) in [5, 5.41) is 22.5. The molecule has 4 N–H and O–H groups in total. The van der Waals surface area contributed by atoms with Gasteiger partial charge in [0.1, 0.15) is 0 Å². The molecule has 0 bridgehead atoms. The first-order valence-corrected chi connectivity index (χ1v) is 8.38. The molecule has 7 heteroatoms. The third-order valence-electron chi connectivity index (χ3n) is 4.61. The summed E-state index contributed by atoms with van der Waals surface area (Å²) in [4.78, 5) is 11.4. The highest BCUT2D eigenvalue weighted by atomic mass is 35.5. The van der Waals surface area contributed by atoms with Crippen LogP contribution in [0.15, 0.2) is 28.5 Å². The molecular formula is C17H21ClN3O3+. The number of halogens is 1. The second-order valence-electron chi connectivity index (χ2n) is 6.48. The molecule has 1 aromatic heterocycles. The largest absolute Gasteiger partial charge is 0.490 e. The lowest BCUT2D eigenvalue weighted by molar-refractivity contribution is -0.380. The monoisotopic (exact) mass is 350 g/mol. The maximum absolute atomic E-state index is 11.4. The second kappa shape index (κ2) is 6.83. The van der Waals surface area contributed by atoms with Gasteiger partial charge in [0.05, 0.1) is 5.56 Å². The van der Waals surface area contributed by atoms with E-state index in [0.717, 1.165) is 29.1 Å². The highest BCUT2D eigenvalue weighted by molar-refractivity contribution is 6.29. The Morgan fingerprint density at radius 2 is 2.17 bits per heavy atom. The maximum Gasteiger partial charge on any atom is 0.321 e. The summed E-state index contributed by atoms with van der Waals surface area (Å²) in [5.41, 5.74) is 5.64. The fourth-order valence-corrected chi connectivity index (χ4v) is 3.56. The number of hydroxylamine groups is 1. The first-order valence-electron chi connectivity index (χ1n) is 8.00. The number of hydrogen-bond acceptors (Lipinski definition) is 4. The zero-order valence-corrected chi connectivity index (χ0v) is 14.2. The van der Waals surface area contributed by atoms with E-state index in [-0.39, 0.29) is 17.5 Å². The average Bonchev–Trinajstić information content (AvgIpc) is 2.70. The van der Waals surface area contributed by atoms with Gasteiger partial charge in [-0.3, -0.25) is 10.7 Å². The Labute approximate surface area is 145 Å². The number of aromatic nitrogens is 1. The predicted octanol–water partition coefficient (Wildman–Crippen LogP) is 2.42. The van der Waals surface area contributed by atoms with E-state index in [1.165, 1.54) is 0 Å². The van der Waals surface area contributed by atoms with Crippen molar-refractivity contribution in [2.75, 3.05) is 0 Å². The minimum absolute atomic E-state index is 0.0702. The Morgan fingerprint density at radius 1 is 1.38 bits per heavy atom. The maximum atomic E-state index is 11.4. The minimum Gasteiger partial charge on any atom is -0.490 e. The van der Waals surface area contributed by atoms with Crippen LogP contribution in [0.4, 0.5) is 5.69 Å². The molecular weight excluding hydrogens is 330 g/mol. The molecule has 24 heavy (non-hydrogen) atoms. The second-order valence-corrected chi connectivity index (χ2v) is 6.97. The van der Waals surface area contributed by atoms with Crippen molar-refractivity contribution < 1.29 is 15.5 Å². The number of hydrogen-bond donors (Lipinski definition) is 4. The number of nitroso groups, excluding NO2 is 1. The zero-order chi connectivity index (χ0) is 17.3. The Balaban J connectivity index is 2.07. The van der Waals surface area contributed by atoms with Crippen molar-refractivity contribution in [2.45, 2.75) is 39.2 Å². The number of nitrogens with zero attached hydrogens (tertiary/aromatic N) is 1. The van der Waals surface area contributed by atoms with Crippen LogP contribution in [0.2, 0.25) is 0 Å². The molecule has 6 nitrogen and oxygen atoms in total. The summed E-state index contributed by atoms with van der Waals surface area (Å²) in [6.07, 6.45) is 8.57. The average molecular weight is 351 g/mol. The molecule has 2 aliphatic rings. The molecule has 1 heterocycles. The van der Waals surface area contributed by atoms with Gasteiger partial charge in [-0.15, -0.1) is 0 Å². The van der Waals surface area contributed by atoms with Crippen LogP contribution in [-0.2, 0) is 13.0 Å². The van der Waals surface area contributed by atoms with Crippen LogP contribution in [0.1, 0.15) is 37.4 Å². The number of aromatic hydroxyl groups is 1. The topological polar surface area (TPSA) is 88.5 Å². The molecule has 1 aromatic rings. The van der Waals surface area contributed by atoms with Crippen LogP contribution in [0.3, 0.4) is 0 Å². The molecule has 0 unspecified atom stereocenters. The molecule has 0 saturated carbocycles. The Bertz CT molecular complexity index is 762. The standard InChI is InChI=1S/C17H20ClN3O3/c1-10-6-13(19-23)8-14-15(7-10)21(17(22)16(14)20-24)9-11-2-4-12(18)5-3-11/h2,4,8,10,19,22-23H,3,5-7,9H2,1H3/p+1/t10-/m0/s1. The molecule has 1 atom stereocenters. The molecule has 0 spiro atoms. The zero-order valence-electron chi connectivity index (χ0n) is 13.5. The normalized spacial score (nSPS) is 20.5. The van der Waals surface area contributed by atoms with Gasteiger partial charge in [-0.2, -0.15) is 0 Å². The first kappa shape index (κ1) is 16.8. The van der Waals surface area contributed by atoms with E-state index < -0.39 is 0 Å². The Hall–Kier alpha value is -2.05. The van der Waals surface area contributed by atoms with Gasteiger partial charge in [-0.05, 0) is 43.8 Å². The van der Waals surface area contributed by atoms with Crippen molar-refractivity contribution in [3.8, 4) is 5.88 Å². The van der Waals surface area contributed by atoms with Crippen molar-refractivity contribution in [3.05, 3.63) is 44.6 Å². The highest BCUT2D eigenvalue weighted by Gasteiger charge is 2.30. The van der Waals surface area contributed by atoms with Crippen molar-refractivity contribution in [2.24, 2.45) is 5.92 Å². The predicted molar refractivity (Wildman–Crippen MR) is 91.7 cm³/mol. The van der Waals surface area contributed by atoms with Crippen LogP contribution in [-0.4, -0.2) is 14.9 Å². The summed E-state index contributed by atoms with van der Waals surface area (Å²) < 4.78 is 1.78. The van der Waals surface area contributed by atoms with Gasteiger partial charge < -0.3 is 9.67 Å². The smallest absolute Gasteiger partial charge is 0.321 e. The van der Waals surface area contributed by atoms with Gasteiger partial charge >= 0.3 is 5.69 Å². The van der Waals surface area contributed by atoms with Crippen molar-refractivity contribution in [1.29, 1.82) is 0 Å². The lowest BCUT2D eigenvalue weighted by Crippen LogP contribution is -2.56.